The summed E-state index contributed by atoms with van der Waals surface area (Å²) in [5.74, 6) is 0.846. The summed E-state index contributed by atoms with van der Waals surface area (Å²) in [5.41, 5.74) is 2.35. The van der Waals surface area contributed by atoms with Crippen molar-refractivity contribution >= 4 is 11.7 Å². The average Bonchev–Trinajstić information content (AvgIpc) is 3.07. The fourth-order valence-corrected chi connectivity index (χ4v) is 2.56. The summed E-state index contributed by atoms with van der Waals surface area (Å²) in [4.78, 5) is 16.5. The van der Waals surface area contributed by atoms with E-state index in [0.717, 1.165) is 11.3 Å². The monoisotopic (exact) mass is 360 g/mol. The molecular formula is C19H28N4O3. The lowest BCUT2D eigenvalue weighted by atomic mass is 9.95. The smallest absolute Gasteiger partial charge is 0.252 e. The second kappa shape index (κ2) is 8.80. The molecule has 2 aromatic heterocycles. The van der Waals surface area contributed by atoms with Gasteiger partial charge in [0.05, 0.1) is 17.9 Å². The van der Waals surface area contributed by atoms with Crippen molar-refractivity contribution in [3.8, 4) is 0 Å². The molecule has 0 fully saturated rings. The van der Waals surface area contributed by atoms with E-state index in [4.69, 9.17) is 9.26 Å². The van der Waals surface area contributed by atoms with Crippen molar-refractivity contribution in [2.75, 3.05) is 25.6 Å². The van der Waals surface area contributed by atoms with E-state index >= 15 is 0 Å². The normalized spacial score (nSPS) is 11.6. The lowest BCUT2D eigenvalue weighted by Crippen LogP contribution is -2.36. The van der Waals surface area contributed by atoms with Crippen LogP contribution < -0.4 is 10.6 Å². The molecule has 0 aliphatic carbocycles. The van der Waals surface area contributed by atoms with E-state index in [1.807, 2.05) is 13.8 Å². The van der Waals surface area contributed by atoms with Gasteiger partial charge in [0.2, 0.25) is 0 Å². The van der Waals surface area contributed by atoms with Gasteiger partial charge in [-0.15, -0.1) is 0 Å². The number of nitrogens with one attached hydrogen (secondary N) is 2. The van der Waals surface area contributed by atoms with Crippen LogP contribution >= 0.6 is 0 Å². The number of rotatable bonds is 9. The van der Waals surface area contributed by atoms with Gasteiger partial charge in [-0.25, -0.2) is 4.98 Å². The fraction of sp³-hybridized carbons (Fsp3) is 0.526. The van der Waals surface area contributed by atoms with Crippen LogP contribution in [0.4, 0.5) is 5.82 Å². The summed E-state index contributed by atoms with van der Waals surface area (Å²) in [7, 11) is 1.66. The highest BCUT2D eigenvalue weighted by Gasteiger charge is 2.19. The Labute approximate surface area is 154 Å². The Hall–Kier alpha value is -2.41. The predicted octanol–water partition coefficient (Wildman–Crippen LogP) is 3.21. The third-order valence-electron chi connectivity index (χ3n) is 3.97. The summed E-state index contributed by atoms with van der Waals surface area (Å²) in [6, 6.07) is 3.54. The van der Waals surface area contributed by atoms with Gasteiger partial charge in [-0.1, -0.05) is 32.9 Å². The van der Waals surface area contributed by atoms with E-state index in [1.165, 1.54) is 0 Å². The predicted molar refractivity (Wildman–Crippen MR) is 100 cm³/mol. The number of methoxy groups -OCH3 is 1. The third kappa shape index (κ3) is 5.56. The number of amides is 1. The molecular weight excluding hydrogens is 332 g/mol. The molecule has 7 nitrogen and oxygen atoms in total. The molecule has 0 aliphatic heterocycles. The largest absolute Gasteiger partial charge is 0.384 e. The zero-order valence-corrected chi connectivity index (χ0v) is 16.1. The molecule has 142 valence electrons. The van der Waals surface area contributed by atoms with Gasteiger partial charge in [-0.05, 0) is 18.1 Å². The van der Waals surface area contributed by atoms with Gasteiger partial charge in [-0.2, -0.15) is 0 Å². The quantitative estimate of drug-likeness (QED) is 0.714. The summed E-state index contributed by atoms with van der Waals surface area (Å²) in [6.07, 6.45) is 3.21. The Bertz CT molecular complexity index is 708. The van der Waals surface area contributed by atoms with Gasteiger partial charge < -0.3 is 19.9 Å². The first-order valence-corrected chi connectivity index (χ1v) is 8.72. The Morgan fingerprint density at radius 3 is 2.73 bits per heavy atom. The number of ether oxygens (including phenoxy) is 1. The van der Waals surface area contributed by atoms with Gasteiger partial charge in [0.25, 0.3) is 5.91 Å². The first-order valence-electron chi connectivity index (χ1n) is 8.72. The number of carbonyl (C=O) groups excluding carboxylic acids is 1. The van der Waals surface area contributed by atoms with Gasteiger partial charge in [0.15, 0.2) is 0 Å². The zero-order chi connectivity index (χ0) is 19.2. The summed E-state index contributed by atoms with van der Waals surface area (Å²) < 4.78 is 10.2. The molecule has 0 saturated heterocycles. The van der Waals surface area contributed by atoms with Crippen molar-refractivity contribution in [2.24, 2.45) is 5.41 Å². The fourth-order valence-electron chi connectivity index (χ4n) is 2.56. The van der Waals surface area contributed by atoms with Crippen molar-refractivity contribution in [3.63, 3.8) is 0 Å². The maximum absolute atomic E-state index is 12.2. The van der Waals surface area contributed by atoms with E-state index in [1.54, 1.807) is 31.7 Å². The molecule has 0 spiro atoms. The summed E-state index contributed by atoms with van der Waals surface area (Å²) in [5, 5.41) is 10.2. The molecule has 7 heteroatoms. The van der Waals surface area contributed by atoms with Crippen LogP contribution in [0.5, 0.6) is 0 Å². The highest BCUT2D eigenvalue weighted by atomic mass is 16.5. The molecule has 2 heterocycles. The molecule has 0 atom stereocenters. The molecule has 0 unspecified atom stereocenters. The summed E-state index contributed by atoms with van der Waals surface area (Å²) >= 11 is 0. The van der Waals surface area contributed by atoms with Crippen molar-refractivity contribution in [3.05, 3.63) is 41.4 Å². The second-order valence-corrected chi connectivity index (χ2v) is 7.45. The molecule has 1 amide bonds. The minimum atomic E-state index is -0.144. The van der Waals surface area contributed by atoms with Crippen LogP contribution in [0.15, 0.2) is 29.1 Å². The number of nitrogens with zero attached hydrogens (tertiary/aromatic N) is 2. The van der Waals surface area contributed by atoms with Gasteiger partial charge >= 0.3 is 0 Å². The van der Waals surface area contributed by atoms with Crippen LogP contribution in [-0.4, -0.2) is 36.3 Å². The Morgan fingerprint density at radius 1 is 1.35 bits per heavy atom. The lowest BCUT2D eigenvalue weighted by molar-refractivity contribution is 0.0846. The number of anilines is 1. The van der Waals surface area contributed by atoms with Crippen molar-refractivity contribution in [2.45, 2.75) is 40.2 Å². The number of aromatic nitrogens is 2. The number of hydrogen-bond acceptors (Lipinski definition) is 6. The molecule has 26 heavy (non-hydrogen) atoms. The minimum absolute atomic E-state index is 0.119. The number of pyridine rings is 1. The molecule has 0 aromatic carbocycles. The number of hydrogen-bond donors (Lipinski definition) is 2. The standard InChI is InChI=1S/C19H28N4O3/c1-13(2)17-15(10-26-23-17)9-21-16-7-6-14(8-20-16)18(24)22-11-19(3,4)12-25-5/h6-8,10,13H,9,11-12H2,1-5H3,(H,20,21)(H,22,24). The Morgan fingerprint density at radius 2 is 2.12 bits per heavy atom. The maximum Gasteiger partial charge on any atom is 0.252 e. The van der Waals surface area contributed by atoms with Gasteiger partial charge in [-0.3, -0.25) is 4.79 Å². The molecule has 2 aromatic rings. The SMILES string of the molecule is COCC(C)(C)CNC(=O)c1ccc(NCc2conc2C(C)C)nc1. The minimum Gasteiger partial charge on any atom is -0.384 e. The van der Waals surface area contributed by atoms with Crippen molar-refractivity contribution < 1.29 is 14.1 Å². The van der Waals surface area contributed by atoms with E-state index in [9.17, 15) is 4.79 Å². The first kappa shape index (κ1) is 19.9. The molecule has 2 N–H and O–H groups in total. The average molecular weight is 360 g/mol. The van der Waals surface area contributed by atoms with Gasteiger partial charge in [0.1, 0.15) is 12.1 Å². The zero-order valence-electron chi connectivity index (χ0n) is 16.1. The lowest BCUT2D eigenvalue weighted by Gasteiger charge is -2.23. The number of carbonyl (C=O) groups is 1. The van der Waals surface area contributed by atoms with E-state index in [-0.39, 0.29) is 11.3 Å². The Balaban J connectivity index is 1.89. The van der Waals surface area contributed by atoms with E-state index in [0.29, 0.717) is 37.0 Å². The Kier molecular flexibility index (Phi) is 6.74. The molecule has 0 bridgehead atoms. The molecule has 2 rings (SSSR count). The van der Waals surface area contributed by atoms with E-state index < -0.39 is 0 Å². The highest BCUT2D eigenvalue weighted by Crippen LogP contribution is 2.18. The van der Waals surface area contributed by atoms with Crippen molar-refractivity contribution in [1.82, 2.24) is 15.5 Å². The molecule has 0 aliphatic rings. The molecule has 0 saturated carbocycles. The molecule has 0 radical (unpaired) electrons. The topological polar surface area (TPSA) is 89.3 Å². The second-order valence-electron chi connectivity index (χ2n) is 7.45. The van der Waals surface area contributed by atoms with Crippen LogP contribution in [0.1, 0.15) is 55.2 Å². The van der Waals surface area contributed by atoms with Crippen LogP contribution in [0, 0.1) is 5.41 Å². The van der Waals surface area contributed by atoms with Crippen molar-refractivity contribution in [1.29, 1.82) is 0 Å². The van der Waals surface area contributed by atoms with Crippen LogP contribution in [0.25, 0.3) is 0 Å². The van der Waals surface area contributed by atoms with Crippen LogP contribution in [-0.2, 0) is 11.3 Å². The third-order valence-corrected chi connectivity index (χ3v) is 3.97. The highest BCUT2D eigenvalue weighted by molar-refractivity contribution is 5.94. The van der Waals surface area contributed by atoms with Crippen LogP contribution in [0.2, 0.25) is 0 Å². The van der Waals surface area contributed by atoms with E-state index in [2.05, 4.69) is 34.6 Å². The first-order chi connectivity index (χ1) is 12.3. The van der Waals surface area contributed by atoms with Crippen LogP contribution in [0.3, 0.4) is 0 Å². The maximum atomic E-state index is 12.2. The summed E-state index contributed by atoms with van der Waals surface area (Å²) in [6.45, 7) is 9.90. The van der Waals surface area contributed by atoms with Gasteiger partial charge in [0, 0.05) is 37.4 Å².